The van der Waals surface area contributed by atoms with Crippen LogP contribution in [0, 0.1) is 5.82 Å². The smallest absolute Gasteiger partial charge is 0.270 e. The molecule has 5 heteroatoms. The topological polar surface area (TPSA) is 42.0 Å². The summed E-state index contributed by atoms with van der Waals surface area (Å²) in [4.78, 5) is 17.4. The Kier molecular flexibility index (Phi) is 4.25. The summed E-state index contributed by atoms with van der Waals surface area (Å²) in [5, 5.41) is 4.90. The van der Waals surface area contributed by atoms with Crippen molar-refractivity contribution in [2.45, 2.75) is 6.04 Å². The Labute approximate surface area is 131 Å². The van der Waals surface area contributed by atoms with Gasteiger partial charge < -0.3 is 5.32 Å². The van der Waals surface area contributed by atoms with Gasteiger partial charge in [0.1, 0.15) is 11.5 Å². The number of carbonyl (C=O) groups is 1. The van der Waals surface area contributed by atoms with Crippen LogP contribution in [0.4, 0.5) is 4.39 Å². The molecule has 22 heavy (non-hydrogen) atoms. The number of hydrogen-bond acceptors (Lipinski definition) is 3. The largest absolute Gasteiger partial charge is 0.339 e. The van der Waals surface area contributed by atoms with Crippen molar-refractivity contribution in [2.75, 3.05) is 0 Å². The number of benzene rings is 1. The van der Waals surface area contributed by atoms with Gasteiger partial charge in [-0.25, -0.2) is 4.39 Å². The van der Waals surface area contributed by atoms with Crippen LogP contribution in [-0.4, -0.2) is 10.9 Å². The van der Waals surface area contributed by atoms with Crippen LogP contribution < -0.4 is 5.32 Å². The summed E-state index contributed by atoms with van der Waals surface area (Å²) >= 11 is 1.54. The van der Waals surface area contributed by atoms with E-state index in [2.05, 4.69) is 10.3 Å². The highest BCUT2D eigenvalue weighted by molar-refractivity contribution is 7.10. The number of hydrogen-bond donors (Lipinski definition) is 1. The van der Waals surface area contributed by atoms with Crippen LogP contribution in [0.3, 0.4) is 0 Å². The molecule has 1 amide bonds. The predicted octanol–water partition coefficient (Wildman–Crippen LogP) is 3.80. The molecule has 1 aromatic carbocycles. The first-order chi connectivity index (χ1) is 10.7. The van der Waals surface area contributed by atoms with Crippen molar-refractivity contribution in [3.63, 3.8) is 0 Å². The van der Waals surface area contributed by atoms with Gasteiger partial charge in [-0.3, -0.25) is 9.78 Å². The lowest BCUT2D eigenvalue weighted by Crippen LogP contribution is -2.29. The number of halogens is 1. The van der Waals surface area contributed by atoms with Gasteiger partial charge in [-0.2, -0.15) is 0 Å². The highest BCUT2D eigenvalue weighted by Gasteiger charge is 2.19. The van der Waals surface area contributed by atoms with Gasteiger partial charge in [-0.1, -0.05) is 24.3 Å². The number of amides is 1. The first kappa shape index (κ1) is 14.4. The standard InChI is InChI=1S/C17H13FN2OS/c18-13-8-6-12(7-9-13)16(15-5-3-11-22-15)20-17(21)14-4-1-2-10-19-14/h1-11,16H,(H,20,21)/t16-/m1/s1. The van der Waals surface area contributed by atoms with E-state index >= 15 is 0 Å². The van der Waals surface area contributed by atoms with E-state index in [0.29, 0.717) is 5.69 Å². The van der Waals surface area contributed by atoms with E-state index < -0.39 is 0 Å². The number of aromatic nitrogens is 1. The monoisotopic (exact) mass is 312 g/mol. The van der Waals surface area contributed by atoms with Crippen LogP contribution in [0.25, 0.3) is 0 Å². The molecule has 0 unspecified atom stereocenters. The maximum atomic E-state index is 13.1. The molecule has 0 spiro atoms. The van der Waals surface area contributed by atoms with Gasteiger partial charge >= 0.3 is 0 Å². The quantitative estimate of drug-likeness (QED) is 0.796. The van der Waals surface area contributed by atoms with Crippen molar-refractivity contribution < 1.29 is 9.18 Å². The molecule has 0 aliphatic carbocycles. The average Bonchev–Trinajstić information content (AvgIpc) is 3.08. The number of nitrogens with zero attached hydrogens (tertiary/aromatic N) is 1. The fraction of sp³-hybridized carbons (Fsp3) is 0.0588. The number of rotatable bonds is 4. The van der Waals surface area contributed by atoms with Crippen molar-refractivity contribution in [3.8, 4) is 0 Å². The summed E-state index contributed by atoms with van der Waals surface area (Å²) in [6.07, 6.45) is 1.58. The Morgan fingerprint density at radius 1 is 1.09 bits per heavy atom. The first-order valence-electron chi connectivity index (χ1n) is 6.75. The summed E-state index contributed by atoms with van der Waals surface area (Å²) in [7, 11) is 0. The Balaban J connectivity index is 1.90. The number of pyridine rings is 1. The van der Waals surface area contributed by atoms with Gasteiger partial charge in [0.05, 0.1) is 6.04 Å². The molecule has 1 atom stereocenters. The van der Waals surface area contributed by atoms with Crippen molar-refractivity contribution in [2.24, 2.45) is 0 Å². The normalized spacial score (nSPS) is 11.9. The van der Waals surface area contributed by atoms with Crippen molar-refractivity contribution in [1.82, 2.24) is 10.3 Å². The summed E-state index contributed by atoms with van der Waals surface area (Å²) in [5.41, 5.74) is 1.18. The fourth-order valence-corrected chi connectivity index (χ4v) is 2.93. The lowest BCUT2D eigenvalue weighted by molar-refractivity contribution is 0.0938. The molecule has 2 aromatic heterocycles. The molecule has 110 valence electrons. The van der Waals surface area contributed by atoms with Crippen LogP contribution in [0.15, 0.2) is 66.2 Å². The summed E-state index contributed by atoms with van der Waals surface area (Å²) in [6, 6.07) is 14.9. The molecule has 3 nitrogen and oxygen atoms in total. The summed E-state index contributed by atoms with van der Waals surface area (Å²) in [5.74, 6) is -0.562. The molecule has 2 heterocycles. The van der Waals surface area contributed by atoms with E-state index in [1.807, 2.05) is 17.5 Å². The van der Waals surface area contributed by atoms with Gasteiger partial charge in [-0.15, -0.1) is 11.3 Å². The third kappa shape index (κ3) is 3.20. The molecule has 3 rings (SSSR count). The van der Waals surface area contributed by atoms with Crippen molar-refractivity contribution in [3.05, 3.63) is 88.1 Å². The Bertz CT molecular complexity index is 742. The second kappa shape index (κ2) is 6.49. The second-order valence-corrected chi connectivity index (χ2v) is 5.67. The predicted molar refractivity (Wildman–Crippen MR) is 84.3 cm³/mol. The van der Waals surface area contributed by atoms with Gasteiger partial charge in [0.2, 0.25) is 0 Å². The van der Waals surface area contributed by atoms with E-state index in [9.17, 15) is 9.18 Å². The molecule has 3 aromatic rings. The summed E-state index contributed by atoms with van der Waals surface area (Å²) < 4.78 is 13.1. The minimum atomic E-state index is -0.324. The SMILES string of the molecule is O=C(N[C@H](c1ccc(F)cc1)c1cccs1)c1ccccn1. The highest BCUT2D eigenvalue weighted by Crippen LogP contribution is 2.26. The zero-order chi connectivity index (χ0) is 15.4. The molecule has 0 fully saturated rings. The van der Waals surface area contributed by atoms with E-state index in [1.54, 1.807) is 36.5 Å². The lowest BCUT2D eigenvalue weighted by atomic mass is 10.0. The van der Waals surface area contributed by atoms with Crippen molar-refractivity contribution >= 4 is 17.2 Å². The molecular weight excluding hydrogens is 299 g/mol. The van der Waals surface area contributed by atoms with E-state index in [0.717, 1.165) is 10.4 Å². The molecular formula is C17H13FN2OS. The molecule has 0 aliphatic rings. The van der Waals surface area contributed by atoms with E-state index in [1.165, 1.54) is 23.5 Å². The van der Waals surface area contributed by atoms with Gasteiger partial charge in [0.25, 0.3) is 5.91 Å². The van der Waals surface area contributed by atoms with E-state index in [4.69, 9.17) is 0 Å². The van der Waals surface area contributed by atoms with Crippen LogP contribution in [-0.2, 0) is 0 Å². The third-order valence-electron chi connectivity index (χ3n) is 3.20. The number of thiophene rings is 1. The minimum absolute atomic E-state index is 0.261. The Morgan fingerprint density at radius 3 is 2.55 bits per heavy atom. The minimum Gasteiger partial charge on any atom is -0.339 e. The molecule has 0 aliphatic heterocycles. The fourth-order valence-electron chi connectivity index (χ4n) is 2.13. The Hall–Kier alpha value is -2.53. The molecule has 0 radical (unpaired) electrons. The zero-order valence-corrected chi connectivity index (χ0v) is 12.4. The molecule has 0 bridgehead atoms. The van der Waals surface area contributed by atoms with E-state index in [-0.39, 0.29) is 17.8 Å². The highest BCUT2D eigenvalue weighted by atomic mass is 32.1. The average molecular weight is 312 g/mol. The van der Waals surface area contributed by atoms with Gasteiger partial charge in [0, 0.05) is 11.1 Å². The summed E-state index contributed by atoms with van der Waals surface area (Å²) in [6.45, 7) is 0. The first-order valence-corrected chi connectivity index (χ1v) is 7.63. The maximum absolute atomic E-state index is 13.1. The lowest BCUT2D eigenvalue weighted by Gasteiger charge is -2.18. The van der Waals surface area contributed by atoms with Gasteiger partial charge in [0.15, 0.2) is 0 Å². The van der Waals surface area contributed by atoms with Crippen LogP contribution in [0.5, 0.6) is 0 Å². The van der Waals surface area contributed by atoms with Crippen LogP contribution in [0.2, 0.25) is 0 Å². The second-order valence-electron chi connectivity index (χ2n) is 4.69. The third-order valence-corrected chi connectivity index (χ3v) is 4.14. The Morgan fingerprint density at radius 2 is 1.91 bits per heavy atom. The number of nitrogens with one attached hydrogen (secondary N) is 1. The van der Waals surface area contributed by atoms with Crippen molar-refractivity contribution in [1.29, 1.82) is 0 Å². The maximum Gasteiger partial charge on any atom is 0.270 e. The zero-order valence-electron chi connectivity index (χ0n) is 11.6. The molecule has 0 saturated carbocycles. The molecule has 1 N–H and O–H groups in total. The number of carbonyl (C=O) groups excluding carboxylic acids is 1. The van der Waals surface area contributed by atoms with Crippen LogP contribution in [0.1, 0.15) is 27.0 Å². The molecule has 0 saturated heterocycles. The van der Waals surface area contributed by atoms with Gasteiger partial charge in [-0.05, 0) is 41.3 Å². The van der Waals surface area contributed by atoms with Crippen LogP contribution >= 0.6 is 11.3 Å².